The second-order valence-electron chi connectivity index (χ2n) is 5.59. The number of esters is 1. The van der Waals surface area contributed by atoms with Crippen LogP contribution in [0, 0.1) is 18.8 Å². The van der Waals surface area contributed by atoms with Gasteiger partial charge in [-0.1, -0.05) is 52.4 Å². The molecule has 105 valence electrons. The molecule has 2 unspecified atom stereocenters. The maximum Gasteiger partial charge on any atom is 0.308 e. The predicted octanol–water partition coefficient (Wildman–Crippen LogP) is 4.53. The van der Waals surface area contributed by atoms with Crippen molar-refractivity contribution in [2.45, 2.75) is 71.1 Å². The minimum absolute atomic E-state index is 0.0520. The summed E-state index contributed by atoms with van der Waals surface area (Å²) < 4.78 is 5.40. The maximum absolute atomic E-state index is 11.9. The fourth-order valence-corrected chi connectivity index (χ4v) is 2.72. The molecule has 1 rings (SSSR count). The van der Waals surface area contributed by atoms with E-state index < -0.39 is 0 Å². The minimum atomic E-state index is 0.0520. The molecular formula is C16H29O2. The second kappa shape index (κ2) is 9.41. The molecule has 0 amide bonds. The van der Waals surface area contributed by atoms with E-state index in [0.29, 0.717) is 6.61 Å². The van der Waals surface area contributed by atoms with Gasteiger partial charge in [-0.15, -0.1) is 0 Å². The van der Waals surface area contributed by atoms with E-state index in [4.69, 9.17) is 4.74 Å². The number of carbonyl (C=O) groups is 1. The molecule has 2 heteroatoms. The van der Waals surface area contributed by atoms with E-state index in [9.17, 15) is 4.79 Å². The Morgan fingerprint density at radius 1 is 1.17 bits per heavy atom. The molecule has 0 spiro atoms. The molecule has 1 aliphatic carbocycles. The summed E-state index contributed by atoms with van der Waals surface area (Å²) in [7, 11) is 0. The highest BCUT2D eigenvalue weighted by molar-refractivity contribution is 5.72. The first-order valence-corrected chi connectivity index (χ1v) is 7.73. The average molecular weight is 253 g/mol. The molecule has 0 aromatic rings. The lowest BCUT2D eigenvalue weighted by Crippen LogP contribution is -2.18. The smallest absolute Gasteiger partial charge is 0.308 e. The van der Waals surface area contributed by atoms with E-state index >= 15 is 0 Å². The molecule has 2 nitrogen and oxygen atoms in total. The van der Waals surface area contributed by atoms with Crippen LogP contribution in [-0.4, -0.2) is 12.6 Å². The van der Waals surface area contributed by atoms with Crippen molar-refractivity contribution in [2.75, 3.05) is 6.61 Å². The van der Waals surface area contributed by atoms with Gasteiger partial charge in [0.2, 0.25) is 0 Å². The molecule has 2 atom stereocenters. The van der Waals surface area contributed by atoms with Crippen LogP contribution in [0.15, 0.2) is 0 Å². The fourth-order valence-electron chi connectivity index (χ4n) is 2.72. The summed E-state index contributed by atoms with van der Waals surface area (Å²) in [5.74, 6) is 0.941. The van der Waals surface area contributed by atoms with Gasteiger partial charge in [0.1, 0.15) is 0 Å². The summed E-state index contributed by atoms with van der Waals surface area (Å²) in [6.45, 7) is 6.79. The van der Waals surface area contributed by atoms with Crippen molar-refractivity contribution in [3.63, 3.8) is 0 Å². The zero-order valence-electron chi connectivity index (χ0n) is 12.0. The lowest BCUT2D eigenvalue weighted by molar-refractivity contribution is -0.149. The lowest BCUT2D eigenvalue weighted by atomic mass is 9.96. The Balaban J connectivity index is 2.16. The van der Waals surface area contributed by atoms with Gasteiger partial charge in [-0.2, -0.15) is 0 Å². The van der Waals surface area contributed by atoms with Crippen LogP contribution in [0.5, 0.6) is 0 Å². The Kier molecular flexibility index (Phi) is 8.11. The molecule has 0 saturated heterocycles. The van der Waals surface area contributed by atoms with Gasteiger partial charge in [0, 0.05) is 0 Å². The van der Waals surface area contributed by atoms with Crippen LogP contribution < -0.4 is 0 Å². The molecule has 1 saturated carbocycles. The van der Waals surface area contributed by atoms with Crippen LogP contribution in [0.3, 0.4) is 0 Å². The van der Waals surface area contributed by atoms with Crippen molar-refractivity contribution in [1.29, 1.82) is 0 Å². The van der Waals surface area contributed by atoms with Crippen LogP contribution in [0.2, 0.25) is 0 Å². The summed E-state index contributed by atoms with van der Waals surface area (Å²) in [6, 6.07) is 0. The Morgan fingerprint density at radius 3 is 2.72 bits per heavy atom. The topological polar surface area (TPSA) is 26.3 Å². The van der Waals surface area contributed by atoms with Gasteiger partial charge in [-0.05, 0) is 31.6 Å². The zero-order chi connectivity index (χ0) is 13.2. The Labute approximate surface area is 112 Å². The summed E-state index contributed by atoms with van der Waals surface area (Å²) in [5, 5.41) is 0. The summed E-state index contributed by atoms with van der Waals surface area (Å²) in [6.07, 6.45) is 11.3. The largest absolute Gasteiger partial charge is 0.465 e. The Morgan fingerprint density at radius 2 is 2.00 bits per heavy atom. The molecule has 0 N–H and O–H groups in total. The maximum atomic E-state index is 11.9. The van der Waals surface area contributed by atoms with Crippen LogP contribution in [0.4, 0.5) is 0 Å². The van der Waals surface area contributed by atoms with Crippen LogP contribution >= 0.6 is 0 Å². The second-order valence-corrected chi connectivity index (χ2v) is 5.59. The van der Waals surface area contributed by atoms with Crippen LogP contribution in [0.1, 0.15) is 71.1 Å². The molecule has 0 bridgehead atoms. The zero-order valence-corrected chi connectivity index (χ0v) is 12.0. The third-order valence-corrected chi connectivity index (χ3v) is 4.07. The predicted molar refractivity (Wildman–Crippen MR) is 75.1 cm³/mol. The molecule has 1 fully saturated rings. The van der Waals surface area contributed by atoms with Crippen molar-refractivity contribution in [2.24, 2.45) is 11.8 Å². The van der Waals surface area contributed by atoms with E-state index in [-0.39, 0.29) is 11.9 Å². The molecule has 0 aromatic carbocycles. The monoisotopic (exact) mass is 253 g/mol. The van der Waals surface area contributed by atoms with Gasteiger partial charge in [-0.25, -0.2) is 0 Å². The molecule has 0 heterocycles. The summed E-state index contributed by atoms with van der Waals surface area (Å²) >= 11 is 0. The van der Waals surface area contributed by atoms with Crippen molar-refractivity contribution >= 4 is 5.97 Å². The highest BCUT2D eigenvalue weighted by Crippen LogP contribution is 2.29. The van der Waals surface area contributed by atoms with Gasteiger partial charge >= 0.3 is 5.97 Å². The fraction of sp³-hybridized carbons (Fsp3) is 0.875. The number of unbranched alkanes of at least 4 members (excludes halogenated alkanes) is 3. The molecule has 0 aliphatic heterocycles. The van der Waals surface area contributed by atoms with Gasteiger partial charge in [0.15, 0.2) is 0 Å². The molecule has 1 radical (unpaired) electrons. The highest BCUT2D eigenvalue weighted by atomic mass is 16.5. The van der Waals surface area contributed by atoms with E-state index in [1.54, 1.807) is 0 Å². The van der Waals surface area contributed by atoms with Crippen molar-refractivity contribution < 1.29 is 9.53 Å². The van der Waals surface area contributed by atoms with Crippen molar-refractivity contribution in [3.8, 4) is 0 Å². The standard InChI is InChI=1S/C16H29O2/c1-3-5-6-7-13-18-16(17)15-10-8-9-14(4-2)11-12-15/h14-15H,2-13H2,1H3. The van der Waals surface area contributed by atoms with Gasteiger partial charge in [-0.3, -0.25) is 4.79 Å². The highest BCUT2D eigenvalue weighted by Gasteiger charge is 2.24. The third kappa shape index (κ3) is 5.88. The number of hydrogen-bond acceptors (Lipinski definition) is 2. The third-order valence-electron chi connectivity index (χ3n) is 4.07. The number of ether oxygens (including phenoxy) is 1. The van der Waals surface area contributed by atoms with E-state index in [1.807, 2.05) is 0 Å². The lowest BCUT2D eigenvalue weighted by Gasteiger charge is -2.13. The normalized spacial score (nSPS) is 24.6. The average Bonchev–Trinajstić information content (AvgIpc) is 2.63. The van der Waals surface area contributed by atoms with Crippen LogP contribution in [0.25, 0.3) is 0 Å². The Hall–Kier alpha value is -0.530. The first-order valence-electron chi connectivity index (χ1n) is 7.73. The van der Waals surface area contributed by atoms with Gasteiger partial charge < -0.3 is 4.74 Å². The van der Waals surface area contributed by atoms with Crippen molar-refractivity contribution in [1.82, 2.24) is 0 Å². The van der Waals surface area contributed by atoms with E-state index in [1.165, 1.54) is 25.7 Å². The molecular weight excluding hydrogens is 224 g/mol. The molecule has 18 heavy (non-hydrogen) atoms. The summed E-state index contributed by atoms with van der Waals surface area (Å²) in [5.41, 5.74) is 0. The Bertz CT molecular complexity index is 225. The molecule has 1 aliphatic rings. The van der Waals surface area contributed by atoms with Gasteiger partial charge in [0.05, 0.1) is 12.5 Å². The number of rotatable bonds is 7. The van der Waals surface area contributed by atoms with Crippen LogP contribution in [-0.2, 0) is 9.53 Å². The SMILES string of the molecule is [CH2]CC1CCCC(C(=O)OCCCCCC)CC1. The van der Waals surface area contributed by atoms with Gasteiger partial charge in [0.25, 0.3) is 0 Å². The minimum Gasteiger partial charge on any atom is -0.465 e. The van der Waals surface area contributed by atoms with E-state index in [0.717, 1.165) is 44.4 Å². The quantitative estimate of drug-likeness (QED) is 0.378. The molecule has 0 aromatic heterocycles. The summed E-state index contributed by atoms with van der Waals surface area (Å²) in [4.78, 5) is 11.9. The first-order chi connectivity index (χ1) is 8.77. The number of hydrogen-bond donors (Lipinski definition) is 0. The number of carbonyl (C=O) groups excluding carboxylic acids is 1. The first kappa shape index (κ1) is 15.5. The van der Waals surface area contributed by atoms with E-state index in [2.05, 4.69) is 13.8 Å². The van der Waals surface area contributed by atoms with Crippen molar-refractivity contribution in [3.05, 3.63) is 6.92 Å².